The van der Waals surface area contributed by atoms with Crippen molar-refractivity contribution in [2.75, 3.05) is 0 Å². The Labute approximate surface area is 159 Å². The summed E-state index contributed by atoms with van der Waals surface area (Å²) in [5, 5.41) is 10.4. The highest BCUT2D eigenvalue weighted by molar-refractivity contribution is 5.92. The van der Waals surface area contributed by atoms with Gasteiger partial charge in [-0.2, -0.15) is 0 Å². The summed E-state index contributed by atoms with van der Waals surface area (Å²) in [5.41, 5.74) is 2.12. The van der Waals surface area contributed by atoms with Crippen LogP contribution in [0.25, 0.3) is 0 Å². The van der Waals surface area contributed by atoms with Crippen LogP contribution in [-0.4, -0.2) is 22.8 Å². The summed E-state index contributed by atoms with van der Waals surface area (Å²) in [4.78, 5) is 12.1. The van der Waals surface area contributed by atoms with Crippen molar-refractivity contribution in [1.82, 2.24) is 0 Å². The van der Waals surface area contributed by atoms with Crippen LogP contribution in [0.2, 0.25) is 0 Å². The van der Waals surface area contributed by atoms with E-state index in [1.807, 2.05) is 46.8 Å². The van der Waals surface area contributed by atoms with E-state index < -0.39 is 17.7 Å². The van der Waals surface area contributed by atoms with Gasteiger partial charge in [-0.25, -0.2) is 4.79 Å². The number of esters is 1. The predicted octanol–water partition coefficient (Wildman–Crippen LogP) is 5.69. The molecule has 0 amide bonds. The summed E-state index contributed by atoms with van der Waals surface area (Å²) in [6, 6.07) is 0. The lowest BCUT2D eigenvalue weighted by atomic mass is 9.97. The van der Waals surface area contributed by atoms with E-state index in [9.17, 15) is 9.90 Å². The van der Waals surface area contributed by atoms with Crippen LogP contribution in [0.5, 0.6) is 0 Å². The molecule has 0 aliphatic rings. The Morgan fingerprint density at radius 2 is 1.73 bits per heavy atom. The first-order valence-electron chi connectivity index (χ1n) is 9.34. The highest BCUT2D eigenvalue weighted by atomic mass is 16.6. The van der Waals surface area contributed by atoms with Gasteiger partial charge in [-0.3, -0.25) is 0 Å². The molecule has 0 bridgehead atoms. The van der Waals surface area contributed by atoms with Gasteiger partial charge >= 0.3 is 5.97 Å². The van der Waals surface area contributed by atoms with Gasteiger partial charge in [-0.15, -0.1) is 0 Å². The Morgan fingerprint density at radius 3 is 2.19 bits per heavy atom. The molecule has 0 saturated heterocycles. The van der Waals surface area contributed by atoms with Crippen molar-refractivity contribution in [1.29, 1.82) is 0 Å². The van der Waals surface area contributed by atoms with E-state index in [0.29, 0.717) is 5.57 Å². The second kappa shape index (κ2) is 11.7. The predicted molar refractivity (Wildman–Crippen MR) is 111 cm³/mol. The molecule has 0 spiro atoms. The molecule has 0 aliphatic carbocycles. The van der Waals surface area contributed by atoms with Crippen LogP contribution in [0.4, 0.5) is 0 Å². The number of ether oxygens (including phenoxy) is 1. The summed E-state index contributed by atoms with van der Waals surface area (Å²) in [6.45, 7) is 17.3. The van der Waals surface area contributed by atoms with E-state index in [-0.39, 0.29) is 5.92 Å². The average molecular weight is 361 g/mol. The number of hydrogen-bond acceptors (Lipinski definition) is 3. The highest BCUT2D eigenvalue weighted by Gasteiger charge is 2.18. The quantitative estimate of drug-likeness (QED) is 0.326. The second-order valence-electron chi connectivity index (χ2n) is 7.46. The van der Waals surface area contributed by atoms with E-state index in [4.69, 9.17) is 4.74 Å². The minimum Gasteiger partial charge on any atom is -0.456 e. The molecule has 0 saturated carbocycles. The third-order valence-electron chi connectivity index (χ3n) is 4.00. The minimum atomic E-state index is -0.570. The van der Waals surface area contributed by atoms with E-state index in [2.05, 4.69) is 26.5 Å². The third-order valence-corrected chi connectivity index (χ3v) is 4.00. The van der Waals surface area contributed by atoms with Gasteiger partial charge in [-0.1, -0.05) is 63.3 Å². The van der Waals surface area contributed by atoms with Gasteiger partial charge in [-0.05, 0) is 52.2 Å². The summed E-state index contributed by atoms with van der Waals surface area (Å²) in [7, 11) is 0. The molecule has 0 aromatic carbocycles. The van der Waals surface area contributed by atoms with Gasteiger partial charge in [0.25, 0.3) is 0 Å². The molecular weight excluding hydrogens is 324 g/mol. The smallest absolute Gasteiger partial charge is 0.338 e. The summed E-state index contributed by atoms with van der Waals surface area (Å²) in [5.74, 6) is -0.481. The molecule has 2 unspecified atom stereocenters. The standard InChI is InChI=1S/C23H36O3/c1-9-19(10-2)16-15-18(5)21(24)17(4)13-12-14-20(11-3)22(25)26-23(6,7)8/h11-17,21,24H,3,9-10H2,1-2,4-8H3/b13-12+,18-15+,20-14+. The molecule has 0 rings (SSSR count). The largest absolute Gasteiger partial charge is 0.456 e. The molecule has 2 atom stereocenters. The summed E-state index contributed by atoms with van der Waals surface area (Å²) >= 11 is 0. The Hall–Kier alpha value is -1.87. The Morgan fingerprint density at radius 1 is 1.15 bits per heavy atom. The Balaban J connectivity index is 5.04. The average Bonchev–Trinajstić information content (AvgIpc) is 2.56. The fourth-order valence-corrected chi connectivity index (χ4v) is 2.24. The van der Waals surface area contributed by atoms with Crippen molar-refractivity contribution in [3.8, 4) is 0 Å². The van der Waals surface area contributed by atoms with Crippen molar-refractivity contribution in [3.05, 3.63) is 59.8 Å². The molecule has 146 valence electrons. The van der Waals surface area contributed by atoms with Crippen molar-refractivity contribution in [2.45, 2.75) is 73.0 Å². The van der Waals surface area contributed by atoms with E-state index >= 15 is 0 Å². The van der Waals surface area contributed by atoms with E-state index in [1.54, 1.807) is 12.2 Å². The zero-order valence-electron chi connectivity index (χ0n) is 17.5. The molecule has 0 aliphatic heterocycles. The molecule has 3 heteroatoms. The normalized spacial score (nSPS) is 15.5. The molecule has 0 radical (unpaired) electrons. The van der Waals surface area contributed by atoms with Crippen molar-refractivity contribution in [2.24, 2.45) is 5.92 Å². The molecule has 26 heavy (non-hydrogen) atoms. The van der Waals surface area contributed by atoms with Crippen LogP contribution in [0.1, 0.15) is 61.3 Å². The number of aliphatic hydroxyl groups is 1. The molecule has 0 aromatic heterocycles. The van der Waals surface area contributed by atoms with Gasteiger partial charge in [0.1, 0.15) is 5.60 Å². The van der Waals surface area contributed by atoms with Crippen LogP contribution in [0.3, 0.4) is 0 Å². The monoisotopic (exact) mass is 360 g/mol. The van der Waals surface area contributed by atoms with Crippen LogP contribution in [-0.2, 0) is 9.53 Å². The SMILES string of the molecule is C=C/C(=C\C=C\C(C)C(O)/C(C)=C/C=C(CC)CC)C(=O)OC(C)(C)C. The van der Waals surface area contributed by atoms with Crippen LogP contribution in [0, 0.1) is 5.92 Å². The third kappa shape index (κ3) is 9.57. The minimum absolute atomic E-state index is 0.0766. The topological polar surface area (TPSA) is 46.5 Å². The number of allylic oxidation sites excluding steroid dienone is 5. The number of carbonyl (C=O) groups excluding carboxylic acids is 1. The fourth-order valence-electron chi connectivity index (χ4n) is 2.24. The first-order valence-corrected chi connectivity index (χ1v) is 9.34. The van der Waals surface area contributed by atoms with Crippen molar-refractivity contribution >= 4 is 5.97 Å². The van der Waals surface area contributed by atoms with Gasteiger partial charge < -0.3 is 9.84 Å². The molecule has 0 heterocycles. The summed E-state index contributed by atoms with van der Waals surface area (Å²) in [6.07, 6.45) is 12.3. The summed E-state index contributed by atoms with van der Waals surface area (Å²) < 4.78 is 5.33. The molecule has 1 N–H and O–H groups in total. The lowest BCUT2D eigenvalue weighted by Crippen LogP contribution is -2.24. The highest BCUT2D eigenvalue weighted by Crippen LogP contribution is 2.16. The molecule has 0 fully saturated rings. The maximum absolute atomic E-state index is 12.1. The number of hydrogen-bond donors (Lipinski definition) is 1. The van der Waals surface area contributed by atoms with Crippen LogP contribution < -0.4 is 0 Å². The van der Waals surface area contributed by atoms with Gasteiger partial charge in [0.05, 0.1) is 11.7 Å². The number of carbonyl (C=O) groups is 1. The van der Waals surface area contributed by atoms with Gasteiger partial charge in [0, 0.05) is 5.92 Å². The first kappa shape index (κ1) is 24.1. The molecule has 0 aromatic rings. The first-order chi connectivity index (χ1) is 12.1. The van der Waals surface area contributed by atoms with Crippen LogP contribution in [0.15, 0.2) is 59.8 Å². The van der Waals surface area contributed by atoms with E-state index in [0.717, 1.165) is 18.4 Å². The maximum atomic E-state index is 12.1. The zero-order valence-corrected chi connectivity index (χ0v) is 17.5. The maximum Gasteiger partial charge on any atom is 0.338 e. The van der Waals surface area contributed by atoms with Crippen LogP contribution >= 0.6 is 0 Å². The Kier molecular flexibility index (Phi) is 10.8. The lowest BCUT2D eigenvalue weighted by Gasteiger charge is -2.19. The second-order valence-corrected chi connectivity index (χ2v) is 7.46. The molecule has 3 nitrogen and oxygen atoms in total. The molecular formula is C23H36O3. The lowest BCUT2D eigenvalue weighted by molar-refractivity contribution is -0.149. The van der Waals surface area contributed by atoms with Crippen molar-refractivity contribution < 1.29 is 14.6 Å². The fraction of sp³-hybridized carbons (Fsp3) is 0.522. The zero-order chi connectivity index (χ0) is 20.3. The number of aliphatic hydroxyl groups excluding tert-OH is 1. The van der Waals surface area contributed by atoms with Gasteiger partial charge in [0.15, 0.2) is 0 Å². The van der Waals surface area contributed by atoms with E-state index in [1.165, 1.54) is 11.6 Å². The van der Waals surface area contributed by atoms with Gasteiger partial charge in [0.2, 0.25) is 0 Å². The number of rotatable bonds is 9. The van der Waals surface area contributed by atoms with Crippen molar-refractivity contribution in [3.63, 3.8) is 0 Å². The Bertz CT molecular complexity index is 577.